The second-order valence-corrected chi connectivity index (χ2v) is 6.10. The summed E-state index contributed by atoms with van der Waals surface area (Å²) < 4.78 is 5.36. The van der Waals surface area contributed by atoms with E-state index in [1.54, 1.807) is 0 Å². The van der Waals surface area contributed by atoms with Gasteiger partial charge in [-0.3, -0.25) is 4.90 Å². The summed E-state index contributed by atoms with van der Waals surface area (Å²) in [7, 11) is 0. The summed E-state index contributed by atoms with van der Waals surface area (Å²) in [6.45, 7) is 4.92. The van der Waals surface area contributed by atoms with Crippen LogP contribution in [0.2, 0.25) is 0 Å². The van der Waals surface area contributed by atoms with Crippen LogP contribution in [0.15, 0.2) is 30.5 Å². The summed E-state index contributed by atoms with van der Waals surface area (Å²) in [5.74, 6) is 0. The van der Waals surface area contributed by atoms with E-state index in [2.05, 4.69) is 39.5 Å². The van der Waals surface area contributed by atoms with E-state index < -0.39 is 0 Å². The number of aromatic nitrogens is 1. The summed E-state index contributed by atoms with van der Waals surface area (Å²) in [6.07, 6.45) is 5.17. The van der Waals surface area contributed by atoms with Gasteiger partial charge in [-0.15, -0.1) is 0 Å². The Morgan fingerprint density at radius 3 is 3.17 bits per heavy atom. The van der Waals surface area contributed by atoms with E-state index in [-0.39, 0.29) is 6.09 Å². The van der Waals surface area contributed by atoms with Gasteiger partial charge in [-0.2, -0.15) is 0 Å². The Bertz CT molecular complexity index is 653. The molecule has 1 aromatic heterocycles. The molecule has 1 aliphatic rings. The fraction of sp³-hybridized carbons (Fsp3) is 0.500. The summed E-state index contributed by atoms with van der Waals surface area (Å²) in [4.78, 5) is 17.3. The lowest BCUT2D eigenvalue weighted by atomic mass is 10.0. The number of carbonyl (C=O) groups excluding carboxylic acids is 1. The number of ether oxygens (including phenoxy) is 1. The van der Waals surface area contributed by atoms with E-state index in [1.807, 2.05) is 13.1 Å². The van der Waals surface area contributed by atoms with Gasteiger partial charge < -0.3 is 15.0 Å². The number of amides is 1. The monoisotopic (exact) mass is 315 g/mol. The molecule has 5 nitrogen and oxygen atoms in total. The number of fused-ring (bicyclic) bond motifs is 1. The van der Waals surface area contributed by atoms with Gasteiger partial charge >= 0.3 is 6.09 Å². The molecule has 1 amide bonds. The van der Waals surface area contributed by atoms with Gasteiger partial charge in [-0.25, -0.2) is 4.79 Å². The van der Waals surface area contributed by atoms with Crippen LogP contribution in [0.1, 0.15) is 31.7 Å². The first kappa shape index (κ1) is 15.9. The maximum Gasteiger partial charge on any atom is 0.407 e. The summed E-state index contributed by atoms with van der Waals surface area (Å²) in [6, 6.07) is 8.82. The second kappa shape index (κ2) is 7.51. The molecule has 2 aromatic rings. The molecular weight excluding hydrogens is 290 g/mol. The van der Waals surface area contributed by atoms with Crippen LogP contribution in [0.5, 0.6) is 0 Å². The smallest absolute Gasteiger partial charge is 0.407 e. The van der Waals surface area contributed by atoms with E-state index in [1.165, 1.54) is 29.3 Å². The van der Waals surface area contributed by atoms with Gasteiger partial charge in [0.15, 0.2) is 0 Å². The lowest BCUT2D eigenvalue weighted by Crippen LogP contribution is -2.43. The Balaban J connectivity index is 1.66. The van der Waals surface area contributed by atoms with Crippen LogP contribution < -0.4 is 5.32 Å². The number of hydrogen-bond acceptors (Lipinski definition) is 3. The molecule has 2 heterocycles. The molecule has 3 rings (SSSR count). The molecule has 1 atom stereocenters. The number of benzene rings is 1. The van der Waals surface area contributed by atoms with E-state index >= 15 is 0 Å². The summed E-state index contributed by atoms with van der Waals surface area (Å²) >= 11 is 0. The van der Waals surface area contributed by atoms with Crippen LogP contribution in [0.25, 0.3) is 10.9 Å². The molecular formula is C18H25N3O2. The molecule has 0 saturated carbocycles. The number of hydrogen-bond donors (Lipinski definition) is 2. The fourth-order valence-electron chi connectivity index (χ4n) is 3.33. The average molecular weight is 315 g/mol. The first-order chi connectivity index (χ1) is 11.3. The minimum Gasteiger partial charge on any atom is -0.448 e. The Labute approximate surface area is 137 Å². The van der Waals surface area contributed by atoms with Crippen molar-refractivity contribution in [3.8, 4) is 0 Å². The highest BCUT2D eigenvalue weighted by Gasteiger charge is 2.24. The van der Waals surface area contributed by atoms with Crippen LogP contribution in [-0.2, 0) is 11.3 Å². The number of nitrogens with one attached hydrogen (secondary N) is 2. The molecule has 1 aliphatic heterocycles. The number of carbonyl (C=O) groups is 1. The van der Waals surface area contributed by atoms with Crippen LogP contribution in [-0.4, -0.2) is 41.7 Å². The standard InChI is InChI=1S/C18H25N3O2/c1-2-19-18(22)23-13-15-7-3-4-11-21(15)12-14-6-5-8-17-16(14)9-10-20-17/h5-6,8-10,15,20H,2-4,7,11-13H2,1H3,(H,19,22). The molecule has 5 heteroatoms. The van der Waals surface area contributed by atoms with Gasteiger partial charge in [0.05, 0.1) is 0 Å². The third-order valence-electron chi connectivity index (χ3n) is 4.54. The number of aromatic amines is 1. The highest BCUT2D eigenvalue weighted by Crippen LogP contribution is 2.24. The molecule has 1 aromatic carbocycles. The molecule has 0 aliphatic carbocycles. The number of likely N-dealkylation sites (tertiary alicyclic amines) is 1. The van der Waals surface area contributed by atoms with Crippen molar-refractivity contribution >= 4 is 17.0 Å². The molecule has 0 radical (unpaired) electrons. The molecule has 1 unspecified atom stereocenters. The number of nitrogens with zero attached hydrogens (tertiary/aromatic N) is 1. The predicted molar refractivity (Wildman–Crippen MR) is 91.4 cm³/mol. The maximum atomic E-state index is 11.5. The van der Waals surface area contributed by atoms with Crippen LogP contribution in [0, 0.1) is 0 Å². The second-order valence-electron chi connectivity index (χ2n) is 6.10. The fourth-order valence-corrected chi connectivity index (χ4v) is 3.33. The molecule has 23 heavy (non-hydrogen) atoms. The lowest BCUT2D eigenvalue weighted by molar-refractivity contribution is 0.0644. The van der Waals surface area contributed by atoms with E-state index in [0.717, 1.165) is 19.5 Å². The van der Waals surface area contributed by atoms with Gasteiger partial charge in [0.25, 0.3) is 0 Å². The zero-order chi connectivity index (χ0) is 16.1. The van der Waals surface area contributed by atoms with E-state index in [9.17, 15) is 4.79 Å². The molecule has 0 bridgehead atoms. The quantitative estimate of drug-likeness (QED) is 0.890. The first-order valence-electron chi connectivity index (χ1n) is 8.47. The van der Waals surface area contributed by atoms with Crippen LogP contribution in [0.3, 0.4) is 0 Å². The minimum atomic E-state index is -0.314. The van der Waals surface area contributed by atoms with E-state index in [4.69, 9.17) is 4.74 Å². The Kier molecular flexibility index (Phi) is 5.18. The van der Waals surface area contributed by atoms with Crippen molar-refractivity contribution < 1.29 is 9.53 Å². The van der Waals surface area contributed by atoms with Crippen molar-refractivity contribution in [2.75, 3.05) is 19.7 Å². The highest BCUT2D eigenvalue weighted by molar-refractivity contribution is 5.82. The normalized spacial score (nSPS) is 18.9. The lowest BCUT2D eigenvalue weighted by Gasteiger charge is -2.35. The summed E-state index contributed by atoms with van der Waals surface area (Å²) in [5, 5.41) is 3.97. The van der Waals surface area contributed by atoms with E-state index in [0.29, 0.717) is 19.2 Å². The van der Waals surface area contributed by atoms with Gasteiger partial charge in [-0.05, 0) is 44.0 Å². The minimum absolute atomic E-state index is 0.306. The molecule has 1 saturated heterocycles. The van der Waals surface area contributed by atoms with Crippen molar-refractivity contribution in [2.24, 2.45) is 0 Å². The topological polar surface area (TPSA) is 57.4 Å². The third-order valence-corrected chi connectivity index (χ3v) is 4.54. The SMILES string of the molecule is CCNC(=O)OCC1CCCCN1Cc1cccc2[nH]ccc12. The maximum absolute atomic E-state index is 11.5. The van der Waals surface area contributed by atoms with Crippen LogP contribution in [0.4, 0.5) is 4.79 Å². The van der Waals surface area contributed by atoms with Crippen molar-refractivity contribution in [3.05, 3.63) is 36.0 Å². The third kappa shape index (κ3) is 3.85. The first-order valence-corrected chi connectivity index (χ1v) is 8.47. The Morgan fingerprint density at radius 1 is 1.39 bits per heavy atom. The number of rotatable bonds is 5. The van der Waals surface area contributed by atoms with Crippen LogP contribution >= 0.6 is 0 Å². The zero-order valence-electron chi connectivity index (χ0n) is 13.7. The van der Waals surface area contributed by atoms with Gasteiger partial charge in [0.2, 0.25) is 0 Å². The molecule has 1 fully saturated rings. The zero-order valence-corrected chi connectivity index (χ0v) is 13.7. The largest absolute Gasteiger partial charge is 0.448 e. The Hall–Kier alpha value is -2.01. The number of piperidine rings is 1. The number of alkyl carbamates (subject to hydrolysis) is 1. The van der Waals surface area contributed by atoms with Crippen molar-refractivity contribution in [3.63, 3.8) is 0 Å². The van der Waals surface area contributed by atoms with Crippen molar-refractivity contribution in [1.82, 2.24) is 15.2 Å². The van der Waals surface area contributed by atoms with Gasteiger partial charge in [0, 0.05) is 36.2 Å². The number of H-pyrrole nitrogens is 1. The molecule has 2 N–H and O–H groups in total. The van der Waals surface area contributed by atoms with Gasteiger partial charge in [0.1, 0.15) is 6.61 Å². The average Bonchev–Trinajstić information content (AvgIpc) is 3.04. The van der Waals surface area contributed by atoms with Crippen molar-refractivity contribution in [2.45, 2.75) is 38.8 Å². The molecule has 124 valence electrons. The van der Waals surface area contributed by atoms with Gasteiger partial charge in [-0.1, -0.05) is 18.6 Å². The van der Waals surface area contributed by atoms with Crippen molar-refractivity contribution in [1.29, 1.82) is 0 Å². The summed E-state index contributed by atoms with van der Waals surface area (Å²) in [5.41, 5.74) is 2.50. The highest BCUT2D eigenvalue weighted by atomic mass is 16.5. The molecule has 0 spiro atoms. The Morgan fingerprint density at radius 2 is 2.30 bits per heavy atom. The predicted octanol–water partition coefficient (Wildman–Crippen LogP) is 3.27.